The largest absolute Gasteiger partial charge is 0.456 e. The molecule has 328 valence electrons. The maximum atomic E-state index is 6.44. The first-order chi connectivity index (χ1) is 34.7. The summed E-state index contributed by atoms with van der Waals surface area (Å²) in [5, 5.41) is 12.1. The quantitative estimate of drug-likeness (QED) is 0.113. The van der Waals surface area contributed by atoms with Crippen LogP contribution in [-0.2, 0) is 0 Å². The summed E-state index contributed by atoms with van der Waals surface area (Å²) in [6.45, 7) is 0. The number of hydrogen-bond donors (Lipinski definition) is 0. The number of rotatable bonds is 8. The fourth-order valence-corrected chi connectivity index (χ4v) is 16.0. The molecule has 0 radical (unpaired) electrons. The Morgan fingerprint density at radius 3 is 1.44 bits per heavy atom. The van der Waals surface area contributed by atoms with Crippen LogP contribution >= 0.6 is 0 Å². The molecule has 4 aromatic heterocycles. The van der Waals surface area contributed by atoms with E-state index in [0.29, 0.717) is 5.82 Å². The smallest absolute Gasteiger partial charge is 0.179 e. The molecule has 4 heterocycles. The van der Waals surface area contributed by atoms with Crippen LogP contribution in [0.5, 0.6) is 0 Å². The Kier molecular flexibility index (Phi) is 9.15. The summed E-state index contributed by atoms with van der Waals surface area (Å²) >= 11 is 0. The highest BCUT2D eigenvalue weighted by Gasteiger charge is 2.41. The maximum absolute atomic E-state index is 6.44. The number of hydrogen-bond acceptors (Lipinski definition) is 3. The van der Waals surface area contributed by atoms with Gasteiger partial charge in [-0.2, -0.15) is 0 Å². The fourth-order valence-electron chi connectivity index (χ4n) is 11.3. The molecule has 0 spiro atoms. The Balaban J connectivity index is 1.00. The standard InChI is InChI=1S/C64H42N4OSi/c1-4-19-45(20-5-1)70(46-21-6-2-7-22-46,47-23-8-3-9-24-47)48-38-35-43(36-39-48)55-42-62(66-64(65-55)53-29-18-34-61-63(53)52-28-13-17-33-60(52)69-61)68-58-32-16-12-27-51(58)54-41-44(37-40-59(54)68)67-56-30-14-10-25-49(56)50-26-11-15-31-57(50)67/h1-42H. The maximum Gasteiger partial charge on any atom is 0.179 e. The molecule has 0 atom stereocenters. The fraction of sp³-hybridized carbons (Fsp3) is 0. The monoisotopic (exact) mass is 910 g/mol. The number of aromatic nitrogens is 4. The summed E-state index contributed by atoms with van der Waals surface area (Å²) in [7, 11) is -2.76. The van der Waals surface area contributed by atoms with Crippen LogP contribution in [-0.4, -0.2) is 27.2 Å². The number of fused-ring (bicyclic) bond motifs is 9. The average Bonchev–Trinajstić information content (AvgIpc) is 4.10. The molecule has 0 bridgehead atoms. The van der Waals surface area contributed by atoms with Crippen molar-refractivity contribution in [1.29, 1.82) is 0 Å². The number of benzene rings is 10. The van der Waals surface area contributed by atoms with Crippen molar-refractivity contribution < 1.29 is 4.42 Å². The second-order valence-electron chi connectivity index (χ2n) is 18.1. The lowest BCUT2D eigenvalue weighted by Crippen LogP contribution is -2.74. The summed E-state index contributed by atoms with van der Waals surface area (Å²) < 4.78 is 11.1. The molecule has 0 saturated heterocycles. The highest BCUT2D eigenvalue weighted by atomic mass is 28.3. The molecule has 0 aliphatic carbocycles. The van der Waals surface area contributed by atoms with Gasteiger partial charge in [-0.1, -0.05) is 200 Å². The zero-order chi connectivity index (χ0) is 46.2. The van der Waals surface area contributed by atoms with Gasteiger partial charge < -0.3 is 8.98 Å². The molecule has 10 aromatic carbocycles. The van der Waals surface area contributed by atoms with Crippen molar-refractivity contribution in [1.82, 2.24) is 19.1 Å². The molecule has 14 rings (SSSR count). The predicted octanol–water partition coefficient (Wildman–Crippen LogP) is 13.3. The minimum Gasteiger partial charge on any atom is -0.456 e. The molecule has 6 heteroatoms. The molecule has 0 saturated carbocycles. The predicted molar refractivity (Wildman–Crippen MR) is 292 cm³/mol. The SMILES string of the molecule is c1ccc([Si](c2ccccc2)(c2ccccc2)c2ccc(-c3cc(-n4c5ccccc5c5cc(-n6c7ccccc7c7ccccc76)ccc54)nc(-c4cccc5oc6ccccc6c45)n3)cc2)cc1. The zero-order valence-electron chi connectivity index (χ0n) is 37.9. The van der Waals surface area contributed by atoms with Crippen molar-refractivity contribution in [3.63, 3.8) is 0 Å². The molecule has 0 unspecified atom stereocenters. The van der Waals surface area contributed by atoms with Crippen molar-refractivity contribution in [3.8, 4) is 34.2 Å². The molecular formula is C64H42N4OSi. The van der Waals surface area contributed by atoms with Crippen LogP contribution in [0.25, 0.3) is 99.7 Å². The van der Waals surface area contributed by atoms with E-state index in [4.69, 9.17) is 14.4 Å². The van der Waals surface area contributed by atoms with Crippen LogP contribution in [0, 0.1) is 0 Å². The Morgan fingerprint density at radius 2 is 0.829 bits per heavy atom. The van der Waals surface area contributed by atoms with E-state index in [-0.39, 0.29) is 0 Å². The van der Waals surface area contributed by atoms with Gasteiger partial charge in [0.1, 0.15) is 17.0 Å². The molecular weight excluding hydrogens is 869 g/mol. The lowest BCUT2D eigenvalue weighted by molar-refractivity contribution is 0.669. The Hall–Kier alpha value is -9.10. The summed E-state index contributed by atoms with van der Waals surface area (Å²) in [5.74, 6) is 1.41. The van der Waals surface area contributed by atoms with Crippen LogP contribution in [0.15, 0.2) is 259 Å². The van der Waals surface area contributed by atoms with E-state index in [1.54, 1.807) is 0 Å². The highest BCUT2D eigenvalue weighted by molar-refractivity contribution is 7.19. The molecule has 0 aliphatic rings. The van der Waals surface area contributed by atoms with E-state index in [1.165, 1.54) is 42.6 Å². The van der Waals surface area contributed by atoms with Crippen molar-refractivity contribution in [2.75, 3.05) is 0 Å². The van der Waals surface area contributed by atoms with E-state index in [1.807, 2.05) is 24.3 Å². The molecule has 5 nitrogen and oxygen atoms in total. The minimum absolute atomic E-state index is 0.628. The third-order valence-electron chi connectivity index (χ3n) is 14.3. The van der Waals surface area contributed by atoms with Crippen molar-refractivity contribution in [2.24, 2.45) is 0 Å². The van der Waals surface area contributed by atoms with Crippen LogP contribution < -0.4 is 20.7 Å². The second kappa shape index (κ2) is 16.0. The summed E-state index contributed by atoms with van der Waals surface area (Å²) in [6.07, 6.45) is 0. The van der Waals surface area contributed by atoms with Gasteiger partial charge in [-0.25, -0.2) is 9.97 Å². The van der Waals surface area contributed by atoms with Crippen LogP contribution in [0.1, 0.15) is 0 Å². The van der Waals surface area contributed by atoms with Gasteiger partial charge in [0, 0.05) is 55.2 Å². The van der Waals surface area contributed by atoms with E-state index < -0.39 is 8.07 Å². The molecule has 70 heavy (non-hydrogen) atoms. The number of para-hydroxylation sites is 4. The van der Waals surface area contributed by atoms with E-state index in [0.717, 1.165) is 72.1 Å². The van der Waals surface area contributed by atoms with Crippen LogP contribution in [0.4, 0.5) is 0 Å². The van der Waals surface area contributed by atoms with Gasteiger partial charge in [0.15, 0.2) is 13.9 Å². The van der Waals surface area contributed by atoms with Gasteiger partial charge in [-0.05, 0) is 69.3 Å². The molecule has 0 aliphatic heterocycles. The van der Waals surface area contributed by atoms with Crippen molar-refractivity contribution in [3.05, 3.63) is 255 Å². The minimum atomic E-state index is -2.76. The topological polar surface area (TPSA) is 48.8 Å². The Morgan fingerprint density at radius 1 is 0.343 bits per heavy atom. The zero-order valence-corrected chi connectivity index (χ0v) is 38.9. The number of furan rings is 1. The first-order valence-electron chi connectivity index (χ1n) is 23.8. The van der Waals surface area contributed by atoms with Gasteiger partial charge >= 0.3 is 0 Å². The summed E-state index contributed by atoms with van der Waals surface area (Å²) in [4.78, 5) is 11.0. The van der Waals surface area contributed by atoms with Crippen LogP contribution in [0.2, 0.25) is 0 Å². The van der Waals surface area contributed by atoms with E-state index in [2.05, 4.69) is 240 Å². The van der Waals surface area contributed by atoms with Gasteiger partial charge in [0.05, 0.1) is 27.8 Å². The van der Waals surface area contributed by atoms with E-state index >= 15 is 0 Å². The normalized spacial score (nSPS) is 12.0. The third kappa shape index (κ3) is 6.10. The first-order valence-corrected chi connectivity index (χ1v) is 25.8. The van der Waals surface area contributed by atoms with Crippen LogP contribution in [0.3, 0.4) is 0 Å². The summed E-state index contributed by atoms with van der Waals surface area (Å²) in [5.41, 5.74) is 9.99. The van der Waals surface area contributed by atoms with Gasteiger partial charge in [-0.15, -0.1) is 0 Å². The van der Waals surface area contributed by atoms with Gasteiger partial charge in [-0.3, -0.25) is 4.57 Å². The second-order valence-corrected chi connectivity index (χ2v) is 21.9. The average molecular weight is 911 g/mol. The molecule has 0 fully saturated rings. The van der Waals surface area contributed by atoms with Crippen molar-refractivity contribution in [2.45, 2.75) is 0 Å². The molecule has 0 amide bonds. The lowest BCUT2D eigenvalue weighted by Gasteiger charge is -2.34. The first kappa shape index (κ1) is 40.0. The highest BCUT2D eigenvalue weighted by Crippen LogP contribution is 2.40. The molecule has 0 N–H and O–H groups in total. The van der Waals surface area contributed by atoms with E-state index in [9.17, 15) is 0 Å². The van der Waals surface area contributed by atoms with Crippen molar-refractivity contribution >= 4 is 94.4 Å². The Bertz CT molecular complexity index is 4140. The number of nitrogens with zero attached hydrogens (tertiary/aromatic N) is 4. The summed E-state index contributed by atoms with van der Waals surface area (Å²) in [6, 6.07) is 91.9. The van der Waals surface area contributed by atoms with Gasteiger partial charge in [0.25, 0.3) is 0 Å². The Labute approximate surface area is 404 Å². The molecule has 14 aromatic rings. The third-order valence-corrected chi connectivity index (χ3v) is 19.1. The lowest BCUT2D eigenvalue weighted by atomic mass is 10.1. The van der Waals surface area contributed by atoms with Gasteiger partial charge in [0.2, 0.25) is 0 Å².